The van der Waals surface area contributed by atoms with Crippen LogP contribution in [-0.2, 0) is 9.84 Å². The Hall–Kier alpha value is -1.13. The van der Waals surface area contributed by atoms with Crippen molar-refractivity contribution in [2.45, 2.75) is 11.8 Å². The number of aromatic nitrogens is 1. The van der Waals surface area contributed by atoms with Crippen molar-refractivity contribution in [2.24, 2.45) is 0 Å². The first-order valence-electron chi connectivity index (χ1n) is 4.65. The number of benzene rings is 1. The standard InChI is InChI=1S/C11H10ClNO2S/c1-7-5-10(12)9-4-3-8(16(2,14)15)6-11(9)13-7/h3-6H,1-2H3. The summed E-state index contributed by atoms with van der Waals surface area (Å²) in [6, 6.07) is 6.52. The number of rotatable bonds is 1. The molecule has 0 aliphatic carbocycles. The van der Waals surface area contributed by atoms with Crippen molar-refractivity contribution in [3.8, 4) is 0 Å². The lowest BCUT2D eigenvalue weighted by atomic mass is 10.2. The molecule has 0 N–H and O–H groups in total. The Kier molecular flexibility index (Phi) is 2.64. The zero-order valence-corrected chi connectivity index (χ0v) is 10.4. The summed E-state index contributed by atoms with van der Waals surface area (Å²) in [5, 5.41) is 1.35. The van der Waals surface area contributed by atoms with Crippen molar-refractivity contribution in [1.29, 1.82) is 0 Å². The number of nitrogens with zero attached hydrogens (tertiary/aromatic N) is 1. The quantitative estimate of drug-likeness (QED) is 0.787. The molecule has 3 nitrogen and oxygen atoms in total. The third kappa shape index (κ3) is 2.03. The third-order valence-corrected chi connectivity index (χ3v) is 3.71. The van der Waals surface area contributed by atoms with Gasteiger partial charge in [0.1, 0.15) is 0 Å². The molecular formula is C11H10ClNO2S. The van der Waals surface area contributed by atoms with Crippen molar-refractivity contribution >= 4 is 32.3 Å². The summed E-state index contributed by atoms with van der Waals surface area (Å²) < 4.78 is 22.8. The molecule has 0 unspecified atom stereocenters. The van der Waals surface area contributed by atoms with Gasteiger partial charge in [-0.05, 0) is 25.1 Å². The van der Waals surface area contributed by atoms with Crippen LogP contribution in [0.4, 0.5) is 0 Å². The molecule has 5 heteroatoms. The van der Waals surface area contributed by atoms with Crippen LogP contribution in [0.3, 0.4) is 0 Å². The van der Waals surface area contributed by atoms with Crippen molar-refractivity contribution in [3.05, 3.63) is 35.0 Å². The van der Waals surface area contributed by atoms with E-state index in [-0.39, 0.29) is 4.90 Å². The van der Waals surface area contributed by atoms with Crippen LogP contribution in [0.25, 0.3) is 10.9 Å². The van der Waals surface area contributed by atoms with Crippen LogP contribution < -0.4 is 0 Å². The SMILES string of the molecule is Cc1cc(Cl)c2ccc(S(C)(=O)=O)cc2n1. The van der Waals surface area contributed by atoms with Crippen molar-refractivity contribution in [1.82, 2.24) is 4.98 Å². The summed E-state index contributed by atoms with van der Waals surface area (Å²) >= 11 is 6.04. The minimum atomic E-state index is -3.20. The van der Waals surface area contributed by atoms with Crippen LogP contribution in [0.1, 0.15) is 5.69 Å². The summed E-state index contributed by atoms with van der Waals surface area (Å²) in [6.45, 7) is 1.82. The minimum Gasteiger partial charge on any atom is -0.253 e. The predicted octanol–water partition coefficient (Wildman–Crippen LogP) is 2.60. The van der Waals surface area contributed by atoms with E-state index in [1.165, 1.54) is 6.26 Å². The summed E-state index contributed by atoms with van der Waals surface area (Å²) in [5.41, 5.74) is 1.37. The van der Waals surface area contributed by atoms with E-state index in [0.717, 1.165) is 11.1 Å². The Morgan fingerprint density at radius 1 is 1.25 bits per heavy atom. The number of halogens is 1. The first-order valence-corrected chi connectivity index (χ1v) is 6.92. The zero-order chi connectivity index (χ0) is 11.9. The summed E-state index contributed by atoms with van der Waals surface area (Å²) in [5.74, 6) is 0. The van der Waals surface area contributed by atoms with Gasteiger partial charge in [0.05, 0.1) is 15.4 Å². The lowest BCUT2D eigenvalue weighted by Crippen LogP contribution is -1.97. The van der Waals surface area contributed by atoms with E-state index in [1.807, 2.05) is 6.92 Å². The monoisotopic (exact) mass is 255 g/mol. The molecule has 1 aromatic heterocycles. The molecule has 0 radical (unpaired) electrons. The van der Waals surface area contributed by atoms with E-state index >= 15 is 0 Å². The van der Waals surface area contributed by atoms with Gasteiger partial charge in [-0.25, -0.2) is 8.42 Å². The van der Waals surface area contributed by atoms with Gasteiger partial charge in [0.15, 0.2) is 9.84 Å². The topological polar surface area (TPSA) is 47.0 Å². The fourth-order valence-electron chi connectivity index (χ4n) is 1.52. The molecule has 0 amide bonds. The molecule has 2 aromatic rings. The third-order valence-electron chi connectivity index (χ3n) is 2.29. The average Bonchev–Trinajstić information content (AvgIpc) is 2.15. The molecule has 1 aromatic carbocycles. The molecule has 0 spiro atoms. The van der Waals surface area contributed by atoms with Gasteiger partial charge < -0.3 is 0 Å². The maximum absolute atomic E-state index is 11.4. The molecular weight excluding hydrogens is 246 g/mol. The highest BCUT2D eigenvalue weighted by Gasteiger charge is 2.09. The van der Waals surface area contributed by atoms with Gasteiger partial charge >= 0.3 is 0 Å². The first kappa shape index (κ1) is 11.4. The van der Waals surface area contributed by atoms with E-state index < -0.39 is 9.84 Å². The fourth-order valence-corrected chi connectivity index (χ4v) is 2.48. The number of pyridine rings is 1. The number of hydrogen-bond acceptors (Lipinski definition) is 3. The molecule has 0 bridgehead atoms. The molecule has 16 heavy (non-hydrogen) atoms. The van der Waals surface area contributed by atoms with Gasteiger partial charge in [0.2, 0.25) is 0 Å². The maximum atomic E-state index is 11.4. The van der Waals surface area contributed by atoms with Crippen LogP contribution >= 0.6 is 11.6 Å². The van der Waals surface area contributed by atoms with Gasteiger partial charge in [0.25, 0.3) is 0 Å². The zero-order valence-electron chi connectivity index (χ0n) is 8.86. The molecule has 0 fully saturated rings. The van der Waals surface area contributed by atoms with Crippen LogP contribution in [0.15, 0.2) is 29.2 Å². The highest BCUT2D eigenvalue weighted by atomic mass is 35.5. The van der Waals surface area contributed by atoms with Crippen molar-refractivity contribution in [3.63, 3.8) is 0 Å². The van der Waals surface area contributed by atoms with Crippen LogP contribution in [0.2, 0.25) is 5.02 Å². The average molecular weight is 256 g/mol. The lowest BCUT2D eigenvalue weighted by Gasteiger charge is -2.04. The minimum absolute atomic E-state index is 0.258. The van der Waals surface area contributed by atoms with E-state index in [2.05, 4.69) is 4.98 Å². The Morgan fingerprint density at radius 2 is 1.94 bits per heavy atom. The van der Waals surface area contributed by atoms with E-state index in [0.29, 0.717) is 10.5 Å². The summed E-state index contributed by atoms with van der Waals surface area (Å²) in [6.07, 6.45) is 1.17. The maximum Gasteiger partial charge on any atom is 0.175 e. The van der Waals surface area contributed by atoms with Crippen LogP contribution in [-0.4, -0.2) is 19.7 Å². The van der Waals surface area contributed by atoms with E-state index in [4.69, 9.17) is 11.6 Å². The van der Waals surface area contributed by atoms with Gasteiger partial charge in [-0.1, -0.05) is 17.7 Å². The fraction of sp³-hybridized carbons (Fsp3) is 0.182. The molecule has 0 saturated carbocycles. The van der Waals surface area contributed by atoms with Gasteiger partial charge in [-0.2, -0.15) is 0 Å². The Bertz CT molecular complexity index is 665. The molecule has 2 rings (SSSR count). The molecule has 0 aliphatic heterocycles. The largest absolute Gasteiger partial charge is 0.253 e. The molecule has 0 atom stereocenters. The van der Waals surface area contributed by atoms with Crippen LogP contribution in [0, 0.1) is 6.92 Å². The highest BCUT2D eigenvalue weighted by Crippen LogP contribution is 2.25. The van der Waals surface area contributed by atoms with Gasteiger partial charge in [-0.15, -0.1) is 0 Å². The Balaban J connectivity index is 2.81. The van der Waals surface area contributed by atoms with E-state index in [9.17, 15) is 8.42 Å². The molecule has 0 saturated heterocycles. The smallest absolute Gasteiger partial charge is 0.175 e. The number of fused-ring (bicyclic) bond motifs is 1. The van der Waals surface area contributed by atoms with Crippen molar-refractivity contribution < 1.29 is 8.42 Å². The second-order valence-electron chi connectivity index (χ2n) is 3.70. The summed E-state index contributed by atoms with van der Waals surface area (Å²) in [7, 11) is -3.20. The van der Waals surface area contributed by atoms with Crippen LogP contribution in [0.5, 0.6) is 0 Å². The first-order chi connectivity index (χ1) is 7.38. The second-order valence-corrected chi connectivity index (χ2v) is 6.12. The molecule has 1 heterocycles. The molecule has 0 aliphatic rings. The number of sulfone groups is 1. The number of aryl methyl sites for hydroxylation is 1. The Labute approximate surface area is 99.0 Å². The lowest BCUT2D eigenvalue weighted by molar-refractivity contribution is 0.602. The summed E-state index contributed by atoms with van der Waals surface area (Å²) in [4.78, 5) is 4.52. The number of hydrogen-bond donors (Lipinski definition) is 0. The second kappa shape index (κ2) is 3.71. The van der Waals surface area contributed by atoms with Crippen molar-refractivity contribution in [2.75, 3.05) is 6.26 Å². The molecule has 84 valence electrons. The predicted molar refractivity (Wildman–Crippen MR) is 64.6 cm³/mol. The Morgan fingerprint density at radius 3 is 2.56 bits per heavy atom. The normalized spacial score (nSPS) is 11.9. The van der Waals surface area contributed by atoms with E-state index in [1.54, 1.807) is 24.3 Å². The van der Waals surface area contributed by atoms with Gasteiger partial charge in [-0.3, -0.25) is 4.98 Å². The highest BCUT2D eigenvalue weighted by molar-refractivity contribution is 7.90. The van der Waals surface area contributed by atoms with Gasteiger partial charge in [0, 0.05) is 17.3 Å².